The Hall–Kier alpha value is -1.74. The molecular weight excluding hydrogens is 250 g/mol. The molecule has 3 nitrogen and oxygen atoms in total. The van der Waals surface area contributed by atoms with E-state index in [0.717, 1.165) is 5.75 Å². The quantitative estimate of drug-likeness (QED) is 0.795. The van der Waals surface area contributed by atoms with E-state index in [2.05, 4.69) is 11.1 Å². The van der Waals surface area contributed by atoms with Gasteiger partial charge < -0.3 is 9.47 Å². The van der Waals surface area contributed by atoms with Crippen LogP contribution in [0.2, 0.25) is 5.15 Å². The topological polar surface area (TPSA) is 31.4 Å². The van der Waals surface area contributed by atoms with Crippen LogP contribution in [-0.4, -0.2) is 18.2 Å². The first kappa shape index (κ1) is 11.4. The minimum Gasteiger partial charge on any atom is -0.493 e. The minimum absolute atomic E-state index is 0.248. The zero-order valence-electron chi connectivity index (χ0n) is 9.67. The fourth-order valence-electron chi connectivity index (χ4n) is 2.04. The molecule has 0 N–H and O–H groups in total. The smallest absolute Gasteiger partial charge is 0.171 e. The summed E-state index contributed by atoms with van der Waals surface area (Å²) in [6, 6.07) is 11.7. The highest BCUT2D eigenvalue weighted by atomic mass is 35.5. The zero-order chi connectivity index (χ0) is 12.4. The van der Waals surface area contributed by atoms with Gasteiger partial charge in [0.15, 0.2) is 10.9 Å². The molecule has 4 heteroatoms. The molecule has 0 amide bonds. The summed E-state index contributed by atoms with van der Waals surface area (Å²) in [5, 5.41) is 0.393. The van der Waals surface area contributed by atoms with Gasteiger partial charge >= 0.3 is 0 Å². The second kappa shape index (κ2) is 4.86. The molecule has 0 radical (unpaired) electrons. The number of ether oxygens (including phenoxy) is 2. The molecular formula is C14H12ClNO2. The first-order valence-corrected chi connectivity index (χ1v) is 6.17. The van der Waals surface area contributed by atoms with Crippen LogP contribution in [0.15, 0.2) is 42.6 Å². The van der Waals surface area contributed by atoms with Crippen LogP contribution in [0.4, 0.5) is 0 Å². The van der Waals surface area contributed by atoms with E-state index in [1.165, 1.54) is 5.56 Å². The zero-order valence-corrected chi connectivity index (χ0v) is 10.4. The molecule has 0 spiro atoms. The Kier molecular flexibility index (Phi) is 3.07. The Morgan fingerprint density at radius 3 is 3.06 bits per heavy atom. The molecule has 1 aliphatic heterocycles. The summed E-state index contributed by atoms with van der Waals surface area (Å²) in [6.07, 6.45) is 1.64. The van der Waals surface area contributed by atoms with Gasteiger partial charge in [0.1, 0.15) is 5.75 Å². The lowest BCUT2D eigenvalue weighted by Crippen LogP contribution is -2.11. The summed E-state index contributed by atoms with van der Waals surface area (Å²) in [5.41, 5.74) is 1.19. The summed E-state index contributed by atoms with van der Waals surface area (Å²) in [4.78, 5) is 3.98. The third kappa shape index (κ3) is 2.14. The predicted octanol–water partition coefficient (Wildman–Crippen LogP) is 3.29. The van der Waals surface area contributed by atoms with E-state index in [-0.39, 0.29) is 5.92 Å². The van der Waals surface area contributed by atoms with Crippen LogP contribution in [0.1, 0.15) is 11.5 Å². The number of fused-ring (bicyclic) bond motifs is 1. The summed E-state index contributed by atoms with van der Waals surface area (Å²) in [7, 11) is 0. The SMILES string of the molecule is Clc1ncccc1OCC1COc2ccccc21. The van der Waals surface area contributed by atoms with Crippen LogP contribution in [-0.2, 0) is 0 Å². The highest BCUT2D eigenvalue weighted by Crippen LogP contribution is 2.34. The summed E-state index contributed by atoms with van der Waals surface area (Å²) >= 11 is 5.94. The third-order valence-corrected chi connectivity index (χ3v) is 3.25. The monoisotopic (exact) mass is 261 g/mol. The van der Waals surface area contributed by atoms with Gasteiger partial charge in [-0.2, -0.15) is 0 Å². The maximum atomic E-state index is 5.94. The average molecular weight is 262 g/mol. The Bertz CT molecular complexity index is 559. The van der Waals surface area contributed by atoms with E-state index in [9.17, 15) is 0 Å². The molecule has 2 heterocycles. The molecule has 2 aromatic rings. The molecule has 0 saturated heterocycles. The predicted molar refractivity (Wildman–Crippen MR) is 69.4 cm³/mol. The Morgan fingerprint density at radius 1 is 1.28 bits per heavy atom. The van der Waals surface area contributed by atoms with Gasteiger partial charge in [0.05, 0.1) is 19.1 Å². The minimum atomic E-state index is 0.248. The Morgan fingerprint density at radius 2 is 2.17 bits per heavy atom. The van der Waals surface area contributed by atoms with Crippen molar-refractivity contribution < 1.29 is 9.47 Å². The van der Waals surface area contributed by atoms with Gasteiger partial charge in [-0.3, -0.25) is 0 Å². The molecule has 0 fully saturated rings. The third-order valence-electron chi connectivity index (χ3n) is 2.96. The van der Waals surface area contributed by atoms with Crippen LogP contribution in [0, 0.1) is 0 Å². The number of pyridine rings is 1. The molecule has 1 unspecified atom stereocenters. The number of para-hydroxylation sites is 1. The maximum absolute atomic E-state index is 5.94. The molecule has 0 bridgehead atoms. The van der Waals surface area contributed by atoms with Crippen molar-refractivity contribution in [2.75, 3.05) is 13.2 Å². The lowest BCUT2D eigenvalue weighted by atomic mass is 10.0. The summed E-state index contributed by atoms with van der Waals surface area (Å²) < 4.78 is 11.3. The molecule has 92 valence electrons. The largest absolute Gasteiger partial charge is 0.493 e. The second-order valence-corrected chi connectivity index (χ2v) is 4.51. The number of halogens is 1. The highest BCUT2D eigenvalue weighted by Gasteiger charge is 2.24. The molecule has 1 atom stereocenters. The van der Waals surface area contributed by atoms with E-state index < -0.39 is 0 Å². The number of aromatic nitrogens is 1. The van der Waals surface area contributed by atoms with Gasteiger partial charge in [-0.1, -0.05) is 29.8 Å². The van der Waals surface area contributed by atoms with E-state index >= 15 is 0 Å². The lowest BCUT2D eigenvalue weighted by molar-refractivity contribution is 0.248. The first-order chi connectivity index (χ1) is 8.84. The number of rotatable bonds is 3. The number of benzene rings is 1. The van der Waals surface area contributed by atoms with Crippen LogP contribution >= 0.6 is 11.6 Å². The van der Waals surface area contributed by atoms with Crippen molar-refractivity contribution in [2.45, 2.75) is 5.92 Å². The Labute approximate surface area is 110 Å². The van der Waals surface area contributed by atoms with E-state index in [1.807, 2.05) is 24.3 Å². The highest BCUT2D eigenvalue weighted by molar-refractivity contribution is 6.30. The maximum Gasteiger partial charge on any atom is 0.171 e. The average Bonchev–Trinajstić information content (AvgIpc) is 2.81. The molecule has 0 aliphatic carbocycles. The molecule has 3 rings (SSSR count). The number of nitrogens with zero attached hydrogens (tertiary/aromatic N) is 1. The van der Waals surface area contributed by atoms with Gasteiger partial charge in [-0.25, -0.2) is 4.98 Å². The van der Waals surface area contributed by atoms with Crippen molar-refractivity contribution in [2.24, 2.45) is 0 Å². The van der Waals surface area contributed by atoms with Crippen molar-refractivity contribution in [3.8, 4) is 11.5 Å². The van der Waals surface area contributed by atoms with Crippen LogP contribution < -0.4 is 9.47 Å². The molecule has 1 aromatic carbocycles. The summed E-state index contributed by atoms with van der Waals surface area (Å²) in [5.74, 6) is 1.81. The van der Waals surface area contributed by atoms with Gasteiger partial charge in [-0.05, 0) is 18.2 Å². The van der Waals surface area contributed by atoms with Crippen molar-refractivity contribution >= 4 is 11.6 Å². The van der Waals surface area contributed by atoms with E-state index in [4.69, 9.17) is 21.1 Å². The number of hydrogen-bond donors (Lipinski definition) is 0. The first-order valence-electron chi connectivity index (χ1n) is 5.79. The molecule has 1 aliphatic rings. The van der Waals surface area contributed by atoms with Gasteiger partial charge in [0.2, 0.25) is 0 Å². The van der Waals surface area contributed by atoms with Crippen molar-refractivity contribution in [3.05, 3.63) is 53.3 Å². The van der Waals surface area contributed by atoms with Crippen LogP contribution in [0.3, 0.4) is 0 Å². The molecule has 0 saturated carbocycles. The van der Waals surface area contributed by atoms with E-state index in [0.29, 0.717) is 24.1 Å². The van der Waals surface area contributed by atoms with Gasteiger partial charge in [-0.15, -0.1) is 0 Å². The van der Waals surface area contributed by atoms with E-state index in [1.54, 1.807) is 12.3 Å². The van der Waals surface area contributed by atoms with Gasteiger partial charge in [0, 0.05) is 11.8 Å². The Balaban J connectivity index is 1.71. The van der Waals surface area contributed by atoms with Crippen LogP contribution in [0.5, 0.6) is 11.5 Å². The lowest BCUT2D eigenvalue weighted by Gasteiger charge is -2.11. The van der Waals surface area contributed by atoms with Crippen LogP contribution in [0.25, 0.3) is 0 Å². The van der Waals surface area contributed by atoms with Crippen molar-refractivity contribution in [1.82, 2.24) is 4.98 Å². The standard InChI is InChI=1S/C14H12ClNO2/c15-14-13(6-3-7-16-14)18-9-10-8-17-12-5-2-1-4-11(10)12/h1-7,10H,8-9H2. The molecule has 1 aromatic heterocycles. The molecule has 18 heavy (non-hydrogen) atoms. The normalized spacial score (nSPS) is 17.1. The fraction of sp³-hybridized carbons (Fsp3) is 0.214. The van der Waals surface area contributed by atoms with Crippen molar-refractivity contribution in [1.29, 1.82) is 0 Å². The van der Waals surface area contributed by atoms with Gasteiger partial charge in [0.25, 0.3) is 0 Å². The van der Waals surface area contributed by atoms with Crippen molar-refractivity contribution in [3.63, 3.8) is 0 Å². The summed E-state index contributed by atoms with van der Waals surface area (Å²) in [6.45, 7) is 1.19. The number of hydrogen-bond acceptors (Lipinski definition) is 3. The second-order valence-electron chi connectivity index (χ2n) is 4.15. The fourth-order valence-corrected chi connectivity index (χ4v) is 2.21.